The lowest BCUT2D eigenvalue weighted by Crippen LogP contribution is -1.95. The minimum atomic E-state index is 1.04. The maximum atomic E-state index is 2.30. The first-order chi connectivity index (χ1) is 7.66. The number of benzene rings is 2. The molecular formula is C16H18. The highest BCUT2D eigenvalue weighted by atomic mass is 14.1. The Balaban J connectivity index is 2.35. The summed E-state index contributed by atoms with van der Waals surface area (Å²) in [6.07, 6.45) is 1.04. The Morgan fingerprint density at radius 2 is 1.56 bits per heavy atom. The summed E-state index contributed by atoms with van der Waals surface area (Å²) in [5, 5.41) is 0. The molecule has 0 aliphatic carbocycles. The van der Waals surface area contributed by atoms with E-state index in [-0.39, 0.29) is 0 Å². The number of hydrogen-bond acceptors (Lipinski definition) is 0. The second-order valence-electron chi connectivity index (χ2n) is 4.53. The second kappa shape index (κ2) is 4.52. The zero-order chi connectivity index (χ0) is 11.5. The molecule has 0 amide bonds. The molecule has 0 aliphatic heterocycles. The molecule has 0 heterocycles. The van der Waals surface area contributed by atoms with Gasteiger partial charge in [0.05, 0.1) is 0 Å². The molecule has 2 rings (SSSR count). The topological polar surface area (TPSA) is 0 Å². The summed E-state index contributed by atoms with van der Waals surface area (Å²) in [4.78, 5) is 0. The molecule has 0 radical (unpaired) electrons. The summed E-state index contributed by atoms with van der Waals surface area (Å²) < 4.78 is 0. The first-order valence-corrected chi connectivity index (χ1v) is 5.77. The van der Waals surface area contributed by atoms with E-state index in [9.17, 15) is 0 Å². The van der Waals surface area contributed by atoms with Crippen molar-refractivity contribution < 1.29 is 0 Å². The van der Waals surface area contributed by atoms with E-state index in [0.29, 0.717) is 0 Å². The van der Waals surface area contributed by atoms with Crippen LogP contribution in [0.5, 0.6) is 0 Å². The van der Waals surface area contributed by atoms with Crippen molar-refractivity contribution in [2.24, 2.45) is 0 Å². The molecule has 0 bridgehead atoms. The van der Waals surface area contributed by atoms with Crippen LogP contribution in [0.15, 0.2) is 42.5 Å². The molecule has 0 fully saturated rings. The van der Waals surface area contributed by atoms with Crippen LogP contribution in [0.25, 0.3) is 0 Å². The summed E-state index contributed by atoms with van der Waals surface area (Å²) in [7, 11) is 0. The Kier molecular flexibility index (Phi) is 3.09. The smallest absolute Gasteiger partial charge is 0.00230 e. The van der Waals surface area contributed by atoms with Crippen LogP contribution >= 0.6 is 0 Å². The molecule has 0 heteroatoms. The van der Waals surface area contributed by atoms with Crippen LogP contribution in [0.1, 0.15) is 27.8 Å². The molecule has 0 spiro atoms. The van der Waals surface area contributed by atoms with Gasteiger partial charge in [0.1, 0.15) is 0 Å². The lowest BCUT2D eigenvalue weighted by Gasteiger charge is -2.10. The summed E-state index contributed by atoms with van der Waals surface area (Å²) >= 11 is 0. The molecule has 82 valence electrons. The van der Waals surface area contributed by atoms with E-state index in [1.807, 2.05) is 0 Å². The monoisotopic (exact) mass is 210 g/mol. The van der Waals surface area contributed by atoms with Crippen LogP contribution in [-0.2, 0) is 6.42 Å². The van der Waals surface area contributed by atoms with Gasteiger partial charge in [-0.05, 0) is 49.4 Å². The van der Waals surface area contributed by atoms with Crippen LogP contribution < -0.4 is 0 Å². The average molecular weight is 210 g/mol. The van der Waals surface area contributed by atoms with Gasteiger partial charge in [0.15, 0.2) is 0 Å². The lowest BCUT2D eigenvalue weighted by atomic mass is 9.95. The third kappa shape index (κ3) is 2.33. The Hall–Kier alpha value is -1.56. The number of aryl methyl sites for hydroxylation is 2. The molecule has 0 aromatic heterocycles. The van der Waals surface area contributed by atoms with Gasteiger partial charge in [0, 0.05) is 0 Å². The van der Waals surface area contributed by atoms with Crippen LogP contribution in [0.2, 0.25) is 0 Å². The Labute approximate surface area is 97.9 Å². The van der Waals surface area contributed by atoms with Crippen molar-refractivity contribution in [3.8, 4) is 0 Å². The SMILES string of the molecule is Cc1cc(C)c(C)c(Cc2ccccc2)c1. The largest absolute Gasteiger partial charge is 0.0622 e. The van der Waals surface area contributed by atoms with Gasteiger partial charge in [-0.15, -0.1) is 0 Å². The molecule has 0 saturated carbocycles. The first-order valence-electron chi connectivity index (χ1n) is 5.77. The minimum Gasteiger partial charge on any atom is -0.0622 e. The van der Waals surface area contributed by atoms with Crippen molar-refractivity contribution in [3.63, 3.8) is 0 Å². The van der Waals surface area contributed by atoms with Gasteiger partial charge in [-0.3, -0.25) is 0 Å². The Morgan fingerprint density at radius 1 is 0.875 bits per heavy atom. The van der Waals surface area contributed by atoms with E-state index < -0.39 is 0 Å². The molecule has 0 atom stereocenters. The van der Waals surface area contributed by atoms with Crippen molar-refractivity contribution in [2.45, 2.75) is 27.2 Å². The molecule has 2 aromatic carbocycles. The molecular weight excluding hydrogens is 192 g/mol. The zero-order valence-electron chi connectivity index (χ0n) is 10.2. The van der Waals surface area contributed by atoms with E-state index in [1.54, 1.807) is 0 Å². The summed E-state index contributed by atoms with van der Waals surface area (Å²) in [6.45, 7) is 6.57. The van der Waals surface area contributed by atoms with Crippen molar-refractivity contribution >= 4 is 0 Å². The summed E-state index contributed by atoms with van der Waals surface area (Å²) in [5.41, 5.74) is 7.01. The molecule has 0 unspecified atom stereocenters. The van der Waals surface area contributed by atoms with E-state index in [2.05, 4.69) is 63.2 Å². The molecule has 0 saturated heterocycles. The van der Waals surface area contributed by atoms with Crippen LogP contribution in [-0.4, -0.2) is 0 Å². The first kappa shape index (κ1) is 10.9. The maximum absolute atomic E-state index is 2.30. The fraction of sp³-hybridized carbons (Fsp3) is 0.250. The fourth-order valence-corrected chi connectivity index (χ4v) is 2.13. The predicted octanol–water partition coefficient (Wildman–Crippen LogP) is 4.20. The van der Waals surface area contributed by atoms with E-state index in [0.717, 1.165) is 6.42 Å². The van der Waals surface area contributed by atoms with Crippen molar-refractivity contribution in [1.82, 2.24) is 0 Å². The Morgan fingerprint density at radius 3 is 2.25 bits per heavy atom. The van der Waals surface area contributed by atoms with Crippen molar-refractivity contribution in [1.29, 1.82) is 0 Å². The number of rotatable bonds is 2. The normalized spacial score (nSPS) is 10.4. The third-order valence-corrected chi connectivity index (χ3v) is 3.16. The van der Waals surface area contributed by atoms with E-state index in [4.69, 9.17) is 0 Å². The van der Waals surface area contributed by atoms with Gasteiger partial charge in [-0.2, -0.15) is 0 Å². The standard InChI is InChI=1S/C16H18/c1-12-9-13(2)14(3)16(10-12)11-15-7-5-4-6-8-15/h4-10H,11H2,1-3H3. The third-order valence-electron chi connectivity index (χ3n) is 3.16. The predicted molar refractivity (Wildman–Crippen MR) is 69.9 cm³/mol. The summed E-state index contributed by atoms with van der Waals surface area (Å²) in [5.74, 6) is 0. The molecule has 16 heavy (non-hydrogen) atoms. The van der Waals surface area contributed by atoms with Crippen molar-refractivity contribution in [2.75, 3.05) is 0 Å². The zero-order valence-corrected chi connectivity index (χ0v) is 10.2. The van der Waals surface area contributed by atoms with E-state index in [1.165, 1.54) is 27.8 Å². The van der Waals surface area contributed by atoms with Gasteiger partial charge < -0.3 is 0 Å². The molecule has 2 aromatic rings. The maximum Gasteiger partial charge on any atom is -0.00230 e. The molecule has 0 N–H and O–H groups in total. The lowest BCUT2D eigenvalue weighted by molar-refractivity contribution is 1.12. The molecule has 0 aliphatic rings. The van der Waals surface area contributed by atoms with Gasteiger partial charge in [0.25, 0.3) is 0 Å². The highest BCUT2D eigenvalue weighted by Crippen LogP contribution is 2.19. The highest BCUT2D eigenvalue weighted by molar-refractivity contribution is 5.40. The van der Waals surface area contributed by atoms with Crippen LogP contribution in [0.4, 0.5) is 0 Å². The van der Waals surface area contributed by atoms with Crippen LogP contribution in [0, 0.1) is 20.8 Å². The molecule has 0 nitrogen and oxygen atoms in total. The fourth-order valence-electron chi connectivity index (χ4n) is 2.13. The number of hydrogen-bond donors (Lipinski definition) is 0. The van der Waals surface area contributed by atoms with Gasteiger partial charge in [-0.1, -0.05) is 48.0 Å². The van der Waals surface area contributed by atoms with Gasteiger partial charge in [0.2, 0.25) is 0 Å². The summed E-state index contributed by atoms with van der Waals surface area (Å²) in [6, 6.07) is 15.2. The average Bonchev–Trinajstić information content (AvgIpc) is 2.27. The highest BCUT2D eigenvalue weighted by Gasteiger charge is 2.03. The van der Waals surface area contributed by atoms with Gasteiger partial charge in [-0.25, -0.2) is 0 Å². The second-order valence-corrected chi connectivity index (χ2v) is 4.53. The van der Waals surface area contributed by atoms with Crippen LogP contribution in [0.3, 0.4) is 0 Å². The van der Waals surface area contributed by atoms with Crippen molar-refractivity contribution in [3.05, 3.63) is 70.3 Å². The Bertz CT molecular complexity index is 481. The minimum absolute atomic E-state index is 1.04. The quantitative estimate of drug-likeness (QED) is 0.696. The van der Waals surface area contributed by atoms with Gasteiger partial charge >= 0.3 is 0 Å². The van der Waals surface area contributed by atoms with E-state index >= 15 is 0 Å².